The Hall–Kier alpha value is -2.21. The van der Waals surface area contributed by atoms with Crippen LogP contribution >= 0.6 is 0 Å². The summed E-state index contributed by atoms with van der Waals surface area (Å²) in [4.78, 5) is 4.73. The quantitative estimate of drug-likeness (QED) is 0.697. The molecular formula is C11H12N6. The molecule has 0 saturated heterocycles. The Kier molecular flexibility index (Phi) is 2.34. The highest BCUT2D eigenvalue weighted by molar-refractivity contribution is 5.87. The normalized spacial score (nSPS) is 11.1. The number of tetrazole rings is 1. The highest BCUT2D eigenvalue weighted by atomic mass is 15.6. The second kappa shape index (κ2) is 3.99. The van der Waals surface area contributed by atoms with E-state index in [1.165, 1.54) is 0 Å². The van der Waals surface area contributed by atoms with Crippen LogP contribution in [0.5, 0.6) is 0 Å². The summed E-state index contributed by atoms with van der Waals surface area (Å²) in [7, 11) is 1.85. The lowest BCUT2D eigenvalue weighted by molar-refractivity contribution is 0.715. The molecule has 2 aromatic heterocycles. The van der Waals surface area contributed by atoms with Crippen LogP contribution in [0, 0.1) is 0 Å². The van der Waals surface area contributed by atoms with Crippen LogP contribution in [0.15, 0.2) is 30.5 Å². The Labute approximate surface area is 97.6 Å². The molecule has 3 aromatic rings. The van der Waals surface area contributed by atoms with Gasteiger partial charge in [0.15, 0.2) is 5.82 Å². The molecule has 0 amide bonds. The number of benzene rings is 1. The van der Waals surface area contributed by atoms with E-state index in [-0.39, 0.29) is 0 Å². The van der Waals surface area contributed by atoms with Crippen molar-refractivity contribution in [1.82, 2.24) is 30.5 Å². The van der Waals surface area contributed by atoms with Crippen molar-refractivity contribution in [2.45, 2.75) is 6.54 Å². The third kappa shape index (κ3) is 1.68. The van der Waals surface area contributed by atoms with Crippen molar-refractivity contribution in [2.24, 2.45) is 0 Å². The van der Waals surface area contributed by atoms with Crippen molar-refractivity contribution in [3.8, 4) is 5.69 Å². The minimum atomic E-state index is 0.613. The van der Waals surface area contributed by atoms with Crippen molar-refractivity contribution >= 4 is 10.9 Å². The molecule has 0 aliphatic carbocycles. The van der Waals surface area contributed by atoms with Crippen molar-refractivity contribution in [3.63, 3.8) is 0 Å². The molecule has 6 nitrogen and oxygen atoms in total. The number of para-hydroxylation sites is 1. The molecule has 0 fully saturated rings. The van der Waals surface area contributed by atoms with Gasteiger partial charge in [0, 0.05) is 17.1 Å². The first-order valence-corrected chi connectivity index (χ1v) is 5.38. The van der Waals surface area contributed by atoms with E-state index >= 15 is 0 Å². The number of aromatic nitrogens is 5. The van der Waals surface area contributed by atoms with Crippen molar-refractivity contribution < 1.29 is 0 Å². The Balaban J connectivity index is 2.07. The Morgan fingerprint density at radius 2 is 2.24 bits per heavy atom. The van der Waals surface area contributed by atoms with Gasteiger partial charge in [0.1, 0.15) is 5.69 Å². The summed E-state index contributed by atoms with van der Waals surface area (Å²) in [6.45, 7) is 0.613. The van der Waals surface area contributed by atoms with Gasteiger partial charge >= 0.3 is 0 Å². The first kappa shape index (κ1) is 9.98. The van der Waals surface area contributed by atoms with E-state index in [1.54, 1.807) is 4.80 Å². The Bertz CT molecular complexity index is 638. The van der Waals surface area contributed by atoms with Crippen LogP contribution in [-0.4, -0.2) is 32.2 Å². The molecule has 0 aliphatic rings. The van der Waals surface area contributed by atoms with Gasteiger partial charge in [0.2, 0.25) is 0 Å². The van der Waals surface area contributed by atoms with Crippen LogP contribution in [-0.2, 0) is 6.54 Å². The van der Waals surface area contributed by atoms with E-state index in [9.17, 15) is 0 Å². The summed E-state index contributed by atoms with van der Waals surface area (Å²) in [5.74, 6) is 0.679. The summed E-state index contributed by atoms with van der Waals surface area (Å²) in [6, 6.07) is 8.03. The number of hydrogen-bond acceptors (Lipinski definition) is 4. The number of aromatic amines is 1. The maximum atomic E-state index is 4.30. The first-order chi connectivity index (χ1) is 8.38. The van der Waals surface area contributed by atoms with Crippen LogP contribution in [0.1, 0.15) is 5.82 Å². The number of hydrogen-bond donors (Lipinski definition) is 2. The molecule has 0 unspecified atom stereocenters. The lowest BCUT2D eigenvalue weighted by Gasteiger charge is -1.95. The van der Waals surface area contributed by atoms with Gasteiger partial charge in [-0.2, -0.15) is 0 Å². The topological polar surface area (TPSA) is 71.4 Å². The fourth-order valence-corrected chi connectivity index (χ4v) is 1.80. The monoisotopic (exact) mass is 228 g/mol. The minimum Gasteiger partial charge on any atom is -0.359 e. The fraction of sp³-hybridized carbons (Fsp3) is 0.182. The zero-order chi connectivity index (χ0) is 11.7. The predicted molar refractivity (Wildman–Crippen MR) is 63.8 cm³/mol. The highest BCUT2D eigenvalue weighted by Gasteiger charge is 2.08. The third-order valence-corrected chi connectivity index (χ3v) is 2.57. The van der Waals surface area contributed by atoms with Gasteiger partial charge in [0.25, 0.3) is 0 Å². The molecule has 86 valence electrons. The van der Waals surface area contributed by atoms with E-state index in [1.807, 2.05) is 37.5 Å². The standard InChI is InChI=1S/C11H12N6/c1-12-7-11-14-16-17(15-11)10-6-13-9-5-3-2-4-8(9)10/h2-6,12-13H,7H2,1H3. The van der Waals surface area contributed by atoms with Crippen LogP contribution in [0.25, 0.3) is 16.6 Å². The van der Waals surface area contributed by atoms with Crippen LogP contribution in [0.2, 0.25) is 0 Å². The van der Waals surface area contributed by atoms with E-state index in [2.05, 4.69) is 25.7 Å². The summed E-state index contributed by atoms with van der Waals surface area (Å²) < 4.78 is 0. The molecule has 0 bridgehead atoms. The number of nitrogens with one attached hydrogen (secondary N) is 2. The van der Waals surface area contributed by atoms with E-state index < -0.39 is 0 Å². The zero-order valence-electron chi connectivity index (χ0n) is 9.38. The highest BCUT2D eigenvalue weighted by Crippen LogP contribution is 2.19. The molecule has 2 heterocycles. The number of fused-ring (bicyclic) bond motifs is 1. The second-order valence-corrected chi connectivity index (χ2v) is 3.74. The molecule has 2 N–H and O–H groups in total. The number of nitrogens with zero attached hydrogens (tertiary/aromatic N) is 4. The lowest BCUT2D eigenvalue weighted by Crippen LogP contribution is -2.07. The number of rotatable bonds is 3. The smallest absolute Gasteiger partial charge is 0.188 e. The molecule has 0 spiro atoms. The Morgan fingerprint density at radius 3 is 3.12 bits per heavy atom. The zero-order valence-corrected chi connectivity index (χ0v) is 9.38. The predicted octanol–water partition coefficient (Wildman–Crippen LogP) is 0.863. The van der Waals surface area contributed by atoms with Crippen molar-refractivity contribution in [1.29, 1.82) is 0 Å². The first-order valence-electron chi connectivity index (χ1n) is 5.38. The van der Waals surface area contributed by atoms with Gasteiger partial charge in [-0.3, -0.25) is 0 Å². The van der Waals surface area contributed by atoms with E-state index in [0.717, 1.165) is 16.6 Å². The fourth-order valence-electron chi connectivity index (χ4n) is 1.80. The maximum absolute atomic E-state index is 4.30. The average molecular weight is 228 g/mol. The van der Waals surface area contributed by atoms with Crippen LogP contribution < -0.4 is 5.32 Å². The maximum Gasteiger partial charge on any atom is 0.188 e. The van der Waals surface area contributed by atoms with E-state index in [0.29, 0.717) is 12.4 Å². The van der Waals surface area contributed by atoms with Gasteiger partial charge < -0.3 is 10.3 Å². The second-order valence-electron chi connectivity index (χ2n) is 3.74. The molecule has 1 aromatic carbocycles. The van der Waals surface area contributed by atoms with Crippen molar-refractivity contribution in [3.05, 3.63) is 36.3 Å². The molecule has 6 heteroatoms. The summed E-state index contributed by atoms with van der Waals surface area (Å²) in [5.41, 5.74) is 1.98. The largest absolute Gasteiger partial charge is 0.359 e. The van der Waals surface area contributed by atoms with Gasteiger partial charge in [-0.05, 0) is 18.3 Å². The molecule has 0 aliphatic heterocycles. The summed E-state index contributed by atoms with van der Waals surface area (Å²) in [6.07, 6.45) is 1.88. The molecule has 17 heavy (non-hydrogen) atoms. The molecular weight excluding hydrogens is 216 g/mol. The van der Waals surface area contributed by atoms with Crippen LogP contribution in [0.3, 0.4) is 0 Å². The SMILES string of the molecule is CNCc1nnn(-c2c[nH]c3ccccc23)n1. The average Bonchev–Trinajstić information content (AvgIpc) is 2.95. The molecule has 0 saturated carbocycles. The van der Waals surface area contributed by atoms with Crippen molar-refractivity contribution in [2.75, 3.05) is 7.05 Å². The number of H-pyrrole nitrogens is 1. The lowest BCUT2D eigenvalue weighted by atomic mass is 10.2. The molecule has 0 atom stereocenters. The van der Waals surface area contributed by atoms with Crippen LogP contribution in [0.4, 0.5) is 0 Å². The summed E-state index contributed by atoms with van der Waals surface area (Å²) >= 11 is 0. The van der Waals surface area contributed by atoms with Gasteiger partial charge in [-0.1, -0.05) is 18.2 Å². The molecule has 0 radical (unpaired) electrons. The van der Waals surface area contributed by atoms with Gasteiger partial charge in [-0.25, -0.2) is 0 Å². The molecule has 3 rings (SSSR count). The Morgan fingerprint density at radius 1 is 1.35 bits per heavy atom. The van der Waals surface area contributed by atoms with Gasteiger partial charge in [-0.15, -0.1) is 15.0 Å². The van der Waals surface area contributed by atoms with Gasteiger partial charge in [0.05, 0.1) is 6.54 Å². The third-order valence-electron chi connectivity index (χ3n) is 2.57. The summed E-state index contributed by atoms with van der Waals surface area (Å²) in [5, 5.41) is 16.4. The van der Waals surface area contributed by atoms with E-state index in [4.69, 9.17) is 0 Å². The minimum absolute atomic E-state index is 0.613.